The number of amidine groups is 1. The van der Waals surface area contributed by atoms with Crippen molar-refractivity contribution in [2.45, 2.75) is 13.8 Å². The van der Waals surface area contributed by atoms with Crippen molar-refractivity contribution >= 4 is 40.3 Å². The SMILES string of the molecule is Cc1cc(/C=C2\SC(=Nc3ccc(N4CCOCC4)cc3)N(C)C2=O)c(C)n1C. The summed E-state index contributed by atoms with van der Waals surface area (Å²) in [5, 5.41) is 0.700. The number of anilines is 1. The summed E-state index contributed by atoms with van der Waals surface area (Å²) in [6, 6.07) is 10.3. The van der Waals surface area contributed by atoms with Crippen molar-refractivity contribution in [1.82, 2.24) is 9.47 Å². The van der Waals surface area contributed by atoms with Crippen LogP contribution in [0.5, 0.6) is 0 Å². The van der Waals surface area contributed by atoms with Crippen LogP contribution in [0.2, 0.25) is 0 Å². The smallest absolute Gasteiger partial charge is 0.266 e. The van der Waals surface area contributed by atoms with E-state index in [2.05, 4.69) is 41.5 Å². The van der Waals surface area contributed by atoms with Crippen LogP contribution in [0.4, 0.5) is 11.4 Å². The lowest BCUT2D eigenvalue weighted by molar-refractivity contribution is -0.121. The highest BCUT2D eigenvalue weighted by Crippen LogP contribution is 2.34. The van der Waals surface area contributed by atoms with Gasteiger partial charge in [0.25, 0.3) is 5.91 Å². The van der Waals surface area contributed by atoms with Gasteiger partial charge in [-0.2, -0.15) is 0 Å². The fourth-order valence-corrected chi connectivity index (χ4v) is 4.47. The van der Waals surface area contributed by atoms with E-state index in [1.165, 1.54) is 23.1 Å². The first-order valence-electron chi connectivity index (χ1n) is 9.76. The fraction of sp³-hybridized carbons (Fsp3) is 0.364. The Labute approximate surface area is 175 Å². The molecule has 0 saturated carbocycles. The number of hydrogen-bond donors (Lipinski definition) is 0. The largest absolute Gasteiger partial charge is 0.378 e. The molecule has 0 spiro atoms. The zero-order valence-corrected chi connectivity index (χ0v) is 18.1. The third-order valence-electron chi connectivity index (χ3n) is 5.56. The molecule has 0 radical (unpaired) electrons. The summed E-state index contributed by atoms with van der Waals surface area (Å²) in [4.78, 5) is 22.0. The molecule has 2 aliphatic rings. The molecule has 2 fully saturated rings. The van der Waals surface area contributed by atoms with E-state index in [4.69, 9.17) is 9.73 Å². The van der Waals surface area contributed by atoms with Crippen LogP contribution >= 0.6 is 11.8 Å². The van der Waals surface area contributed by atoms with Crippen molar-refractivity contribution in [2.75, 3.05) is 38.3 Å². The standard InChI is InChI=1S/C22H26N4O2S/c1-15-13-17(16(2)24(15)3)14-20-21(27)25(4)22(29-20)23-18-5-7-19(8-6-18)26-9-11-28-12-10-26/h5-8,13-14H,9-12H2,1-4H3/b20-14-,23-22?. The third-order valence-corrected chi connectivity index (χ3v) is 6.62. The van der Waals surface area contributed by atoms with E-state index >= 15 is 0 Å². The van der Waals surface area contributed by atoms with Gasteiger partial charge in [0.05, 0.1) is 23.8 Å². The first-order valence-corrected chi connectivity index (χ1v) is 10.6. The van der Waals surface area contributed by atoms with Gasteiger partial charge < -0.3 is 14.2 Å². The lowest BCUT2D eigenvalue weighted by Crippen LogP contribution is -2.36. The normalized spacial score (nSPS) is 20.3. The first-order chi connectivity index (χ1) is 13.9. The van der Waals surface area contributed by atoms with Crippen molar-refractivity contribution in [1.29, 1.82) is 0 Å². The summed E-state index contributed by atoms with van der Waals surface area (Å²) in [6.45, 7) is 7.49. The summed E-state index contributed by atoms with van der Waals surface area (Å²) >= 11 is 1.42. The van der Waals surface area contributed by atoms with Gasteiger partial charge in [-0.15, -0.1) is 0 Å². The predicted octanol–water partition coefficient (Wildman–Crippen LogP) is 3.71. The van der Waals surface area contributed by atoms with Crippen LogP contribution in [-0.2, 0) is 16.6 Å². The van der Waals surface area contributed by atoms with Crippen molar-refractivity contribution in [3.05, 3.63) is 52.2 Å². The van der Waals surface area contributed by atoms with Gasteiger partial charge in [-0.05, 0) is 67.6 Å². The predicted molar refractivity (Wildman–Crippen MR) is 120 cm³/mol. The lowest BCUT2D eigenvalue weighted by atomic mass is 10.2. The molecule has 0 unspecified atom stereocenters. The van der Waals surface area contributed by atoms with E-state index in [1.54, 1.807) is 11.9 Å². The molecule has 0 N–H and O–H groups in total. The minimum Gasteiger partial charge on any atom is -0.378 e. The molecule has 4 rings (SSSR count). The Morgan fingerprint density at radius 2 is 1.79 bits per heavy atom. The number of aliphatic imine (C=N–C) groups is 1. The average molecular weight is 411 g/mol. The summed E-state index contributed by atoms with van der Waals surface area (Å²) in [6.07, 6.45) is 1.97. The van der Waals surface area contributed by atoms with Gasteiger partial charge in [-0.3, -0.25) is 9.69 Å². The lowest BCUT2D eigenvalue weighted by Gasteiger charge is -2.28. The summed E-state index contributed by atoms with van der Waals surface area (Å²) in [5.74, 6) is -0.0143. The van der Waals surface area contributed by atoms with Crippen LogP contribution in [-0.4, -0.2) is 53.9 Å². The molecule has 29 heavy (non-hydrogen) atoms. The molecular weight excluding hydrogens is 384 g/mol. The summed E-state index contributed by atoms with van der Waals surface area (Å²) in [7, 11) is 3.82. The Bertz CT molecular complexity index is 985. The molecule has 7 heteroatoms. The monoisotopic (exact) mass is 410 g/mol. The van der Waals surface area contributed by atoms with Crippen LogP contribution in [0.25, 0.3) is 6.08 Å². The molecule has 3 heterocycles. The molecule has 2 saturated heterocycles. The molecule has 0 bridgehead atoms. The second-order valence-corrected chi connectivity index (χ2v) is 8.38. The highest BCUT2D eigenvalue weighted by Gasteiger charge is 2.30. The molecule has 6 nitrogen and oxygen atoms in total. The average Bonchev–Trinajstić information content (AvgIpc) is 3.14. The quantitative estimate of drug-likeness (QED) is 0.724. The number of rotatable bonds is 3. The van der Waals surface area contributed by atoms with Crippen molar-refractivity contribution < 1.29 is 9.53 Å². The number of amides is 1. The number of likely N-dealkylation sites (N-methyl/N-ethyl adjacent to an activating group) is 1. The minimum absolute atomic E-state index is 0.0143. The maximum Gasteiger partial charge on any atom is 0.266 e. The maximum absolute atomic E-state index is 12.7. The minimum atomic E-state index is -0.0143. The van der Waals surface area contributed by atoms with Gasteiger partial charge in [-0.1, -0.05) is 0 Å². The number of hydrogen-bond acceptors (Lipinski definition) is 5. The van der Waals surface area contributed by atoms with Crippen molar-refractivity contribution in [3.63, 3.8) is 0 Å². The molecule has 0 aliphatic carbocycles. The zero-order valence-electron chi connectivity index (χ0n) is 17.3. The number of morpholine rings is 1. The molecule has 1 amide bonds. The van der Waals surface area contributed by atoms with Crippen LogP contribution in [0.3, 0.4) is 0 Å². The van der Waals surface area contributed by atoms with Gasteiger partial charge in [0, 0.05) is 44.3 Å². The Balaban J connectivity index is 1.54. The summed E-state index contributed by atoms with van der Waals surface area (Å²) < 4.78 is 7.54. The van der Waals surface area contributed by atoms with Crippen molar-refractivity contribution in [2.24, 2.45) is 12.0 Å². The Kier molecular flexibility index (Phi) is 5.52. The van der Waals surface area contributed by atoms with E-state index in [1.807, 2.05) is 25.3 Å². The third kappa shape index (κ3) is 3.97. The van der Waals surface area contributed by atoms with E-state index in [0.717, 1.165) is 43.2 Å². The first kappa shape index (κ1) is 19.8. The molecule has 2 aliphatic heterocycles. The molecule has 0 atom stereocenters. The molecule has 1 aromatic carbocycles. The molecular formula is C22H26N4O2S. The number of carbonyl (C=O) groups is 1. The second-order valence-electron chi connectivity index (χ2n) is 7.37. The molecule has 2 aromatic rings. The van der Waals surface area contributed by atoms with Crippen LogP contribution < -0.4 is 4.90 Å². The second kappa shape index (κ2) is 8.08. The summed E-state index contributed by atoms with van der Waals surface area (Å²) in [5.41, 5.74) is 5.42. The van der Waals surface area contributed by atoms with E-state index < -0.39 is 0 Å². The van der Waals surface area contributed by atoms with Gasteiger partial charge in [0.2, 0.25) is 0 Å². The van der Waals surface area contributed by atoms with Crippen LogP contribution in [0, 0.1) is 13.8 Å². The zero-order chi connectivity index (χ0) is 20.5. The highest BCUT2D eigenvalue weighted by atomic mass is 32.2. The number of carbonyl (C=O) groups excluding carboxylic acids is 1. The van der Waals surface area contributed by atoms with E-state index in [9.17, 15) is 4.79 Å². The van der Waals surface area contributed by atoms with E-state index in [0.29, 0.717) is 10.1 Å². The molecule has 1 aromatic heterocycles. The Morgan fingerprint density at radius 3 is 2.41 bits per heavy atom. The number of ether oxygens (including phenoxy) is 1. The van der Waals surface area contributed by atoms with Gasteiger partial charge in [0.1, 0.15) is 0 Å². The number of aromatic nitrogens is 1. The fourth-order valence-electron chi connectivity index (χ4n) is 3.49. The number of aryl methyl sites for hydroxylation is 1. The maximum atomic E-state index is 12.7. The van der Waals surface area contributed by atoms with Gasteiger partial charge in [0.15, 0.2) is 5.17 Å². The number of thioether (sulfide) groups is 1. The van der Waals surface area contributed by atoms with Gasteiger partial charge >= 0.3 is 0 Å². The van der Waals surface area contributed by atoms with E-state index in [-0.39, 0.29) is 5.91 Å². The topological polar surface area (TPSA) is 50.1 Å². The van der Waals surface area contributed by atoms with Gasteiger partial charge in [-0.25, -0.2) is 4.99 Å². The van der Waals surface area contributed by atoms with Crippen molar-refractivity contribution in [3.8, 4) is 0 Å². The Hall–Kier alpha value is -2.51. The van der Waals surface area contributed by atoms with Crippen LogP contribution in [0.15, 0.2) is 40.2 Å². The van der Waals surface area contributed by atoms with Crippen LogP contribution in [0.1, 0.15) is 17.0 Å². The number of benzene rings is 1. The number of nitrogens with zero attached hydrogens (tertiary/aromatic N) is 4. The highest BCUT2D eigenvalue weighted by molar-refractivity contribution is 8.18. The molecule has 152 valence electrons. The Morgan fingerprint density at radius 1 is 1.10 bits per heavy atom.